The molecule has 0 saturated carbocycles. The summed E-state index contributed by atoms with van der Waals surface area (Å²) < 4.78 is 5.20. The van der Waals surface area contributed by atoms with Gasteiger partial charge in [0.1, 0.15) is 0 Å². The van der Waals surface area contributed by atoms with Gasteiger partial charge >= 0.3 is 0 Å². The fraction of sp³-hybridized carbons (Fsp3) is 0.429. The van der Waals surface area contributed by atoms with E-state index in [0.717, 1.165) is 0 Å². The van der Waals surface area contributed by atoms with Gasteiger partial charge in [0.15, 0.2) is 0 Å². The Morgan fingerprint density at radius 1 is 1.29 bits per heavy atom. The number of primary amides is 1. The lowest BCUT2D eigenvalue weighted by atomic mass is 10.1. The van der Waals surface area contributed by atoms with Crippen LogP contribution in [0.5, 0.6) is 0 Å². The molecule has 21 heavy (non-hydrogen) atoms. The highest BCUT2D eigenvalue weighted by Gasteiger charge is 2.17. The number of nitrogens with zero attached hydrogens (tertiary/aromatic N) is 1. The Balaban J connectivity index is 1.91. The van der Waals surface area contributed by atoms with Gasteiger partial charge in [0, 0.05) is 26.1 Å². The van der Waals surface area contributed by atoms with E-state index in [9.17, 15) is 9.59 Å². The predicted molar refractivity (Wildman–Crippen MR) is 79.9 cm³/mol. The summed E-state index contributed by atoms with van der Waals surface area (Å²) in [6, 6.07) is 4.95. The van der Waals surface area contributed by atoms with E-state index in [2.05, 4.69) is 5.32 Å². The van der Waals surface area contributed by atoms with Crippen LogP contribution < -0.4 is 16.8 Å². The molecule has 0 bridgehead atoms. The lowest BCUT2D eigenvalue weighted by Crippen LogP contribution is -2.41. The van der Waals surface area contributed by atoms with Crippen LogP contribution in [0, 0.1) is 0 Å². The average Bonchev–Trinajstić information content (AvgIpc) is 2.49. The molecule has 1 aliphatic rings. The first-order chi connectivity index (χ1) is 10.1. The number of benzene rings is 1. The SMILES string of the molecule is NC(=O)c1cccc(N)c1NCCC(=O)N1CCOCC1. The summed E-state index contributed by atoms with van der Waals surface area (Å²) in [5.41, 5.74) is 12.4. The maximum Gasteiger partial charge on any atom is 0.250 e. The van der Waals surface area contributed by atoms with Gasteiger partial charge in [-0.3, -0.25) is 9.59 Å². The molecule has 0 spiro atoms. The molecule has 7 heteroatoms. The van der Waals surface area contributed by atoms with Crippen molar-refractivity contribution < 1.29 is 14.3 Å². The Morgan fingerprint density at radius 2 is 2.00 bits per heavy atom. The third kappa shape index (κ3) is 3.85. The Labute approximate surface area is 123 Å². The molecule has 2 amide bonds. The maximum absolute atomic E-state index is 12.0. The molecular weight excluding hydrogens is 272 g/mol. The number of nitrogens with two attached hydrogens (primary N) is 2. The molecule has 1 heterocycles. The molecule has 1 aromatic rings. The summed E-state index contributed by atoms with van der Waals surface area (Å²) in [6.45, 7) is 2.80. The van der Waals surface area contributed by atoms with Gasteiger partial charge < -0.3 is 26.4 Å². The zero-order chi connectivity index (χ0) is 15.2. The van der Waals surface area contributed by atoms with Crippen LogP contribution in [0.25, 0.3) is 0 Å². The van der Waals surface area contributed by atoms with Gasteiger partial charge in [0.2, 0.25) is 5.91 Å². The summed E-state index contributed by atoms with van der Waals surface area (Å²) in [5.74, 6) is -0.495. The van der Waals surface area contributed by atoms with E-state index in [1.807, 2.05) is 0 Å². The Morgan fingerprint density at radius 3 is 2.67 bits per heavy atom. The van der Waals surface area contributed by atoms with Crippen molar-refractivity contribution in [3.05, 3.63) is 23.8 Å². The standard InChI is InChI=1S/C14H20N4O3/c15-11-3-1-2-10(14(16)20)13(11)17-5-4-12(19)18-6-8-21-9-7-18/h1-3,17H,4-9,15H2,(H2,16,20). The summed E-state index contributed by atoms with van der Waals surface area (Å²) in [6.07, 6.45) is 0.326. The van der Waals surface area contributed by atoms with Gasteiger partial charge in [0.25, 0.3) is 5.91 Å². The van der Waals surface area contributed by atoms with Crippen LogP contribution in [0.3, 0.4) is 0 Å². The number of rotatable bonds is 5. The number of nitrogens with one attached hydrogen (secondary N) is 1. The topological polar surface area (TPSA) is 111 Å². The highest BCUT2D eigenvalue weighted by Crippen LogP contribution is 2.23. The van der Waals surface area contributed by atoms with Gasteiger partial charge in [-0.05, 0) is 12.1 Å². The molecule has 114 valence electrons. The highest BCUT2D eigenvalue weighted by atomic mass is 16.5. The minimum Gasteiger partial charge on any atom is -0.397 e. The first kappa shape index (κ1) is 15.1. The lowest BCUT2D eigenvalue weighted by Gasteiger charge is -2.27. The number of para-hydroxylation sites is 1. The first-order valence-corrected chi connectivity index (χ1v) is 6.87. The van der Waals surface area contributed by atoms with E-state index in [1.54, 1.807) is 23.1 Å². The van der Waals surface area contributed by atoms with Crippen molar-refractivity contribution in [1.29, 1.82) is 0 Å². The number of nitrogen functional groups attached to an aromatic ring is 1. The minimum atomic E-state index is -0.552. The maximum atomic E-state index is 12.0. The quantitative estimate of drug-likeness (QED) is 0.663. The number of hydrogen-bond acceptors (Lipinski definition) is 5. The second kappa shape index (κ2) is 6.94. The molecule has 1 fully saturated rings. The average molecular weight is 292 g/mol. The van der Waals surface area contributed by atoms with Crippen molar-refractivity contribution in [3.8, 4) is 0 Å². The first-order valence-electron chi connectivity index (χ1n) is 6.87. The highest BCUT2D eigenvalue weighted by molar-refractivity contribution is 6.01. The molecule has 0 atom stereocenters. The molecule has 1 aromatic carbocycles. The van der Waals surface area contributed by atoms with Gasteiger partial charge in [-0.25, -0.2) is 0 Å². The Bertz CT molecular complexity index is 527. The molecule has 7 nitrogen and oxygen atoms in total. The lowest BCUT2D eigenvalue weighted by molar-refractivity contribution is -0.134. The Kier molecular flexibility index (Phi) is 4.99. The van der Waals surface area contributed by atoms with E-state index in [1.165, 1.54) is 0 Å². The largest absolute Gasteiger partial charge is 0.397 e. The molecule has 0 aliphatic carbocycles. The molecule has 0 radical (unpaired) electrons. The summed E-state index contributed by atoms with van der Waals surface area (Å²) >= 11 is 0. The van der Waals surface area contributed by atoms with Crippen molar-refractivity contribution in [2.75, 3.05) is 43.9 Å². The number of ether oxygens (including phenoxy) is 1. The van der Waals surface area contributed by atoms with Gasteiger partial charge in [-0.15, -0.1) is 0 Å². The van der Waals surface area contributed by atoms with Crippen LogP contribution in [0.2, 0.25) is 0 Å². The number of anilines is 2. The van der Waals surface area contributed by atoms with E-state index >= 15 is 0 Å². The molecule has 2 rings (SSSR count). The molecule has 1 aliphatic heterocycles. The summed E-state index contributed by atoms with van der Waals surface area (Å²) in [5, 5.41) is 3.03. The molecule has 5 N–H and O–H groups in total. The Hall–Kier alpha value is -2.28. The normalized spacial score (nSPS) is 14.8. The van der Waals surface area contributed by atoms with Crippen LogP contribution in [-0.2, 0) is 9.53 Å². The third-order valence-corrected chi connectivity index (χ3v) is 3.37. The zero-order valence-electron chi connectivity index (χ0n) is 11.8. The second-order valence-corrected chi connectivity index (χ2v) is 4.80. The smallest absolute Gasteiger partial charge is 0.250 e. The van der Waals surface area contributed by atoms with Crippen LogP contribution >= 0.6 is 0 Å². The number of morpholine rings is 1. The van der Waals surface area contributed by atoms with Crippen LogP contribution in [0.4, 0.5) is 11.4 Å². The van der Waals surface area contributed by atoms with Crippen LogP contribution in [0.15, 0.2) is 18.2 Å². The zero-order valence-corrected chi connectivity index (χ0v) is 11.8. The number of hydrogen-bond donors (Lipinski definition) is 3. The summed E-state index contributed by atoms with van der Waals surface area (Å²) in [7, 11) is 0. The summed E-state index contributed by atoms with van der Waals surface area (Å²) in [4.78, 5) is 25.1. The van der Waals surface area contributed by atoms with E-state index < -0.39 is 5.91 Å². The molecule has 0 aromatic heterocycles. The third-order valence-electron chi connectivity index (χ3n) is 3.37. The van der Waals surface area contributed by atoms with Crippen LogP contribution in [-0.4, -0.2) is 49.6 Å². The van der Waals surface area contributed by atoms with Crippen LogP contribution in [0.1, 0.15) is 16.8 Å². The van der Waals surface area contributed by atoms with Gasteiger partial charge in [-0.1, -0.05) is 6.07 Å². The van der Waals surface area contributed by atoms with E-state index in [0.29, 0.717) is 56.2 Å². The number of amides is 2. The fourth-order valence-electron chi connectivity index (χ4n) is 2.24. The van der Waals surface area contributed by atoms with E-state index in [-0.39, 0.29) is 5.91 Å². The minimum absolute atomic E-state index is 0.0564. The van der Waals surface area contributed by atoms with Gasteiger partial charge in [0.05, 0.1) is 30.2 Å². The van der Waals surface area contributed by atoms with Gasteiger partial charge in [-0.2, -0.15) is 0 Å². The molecule has 0 unspecified atom stereocenters. The van der Waals surface area contributed by atoms with Crippen molar-refractivity contribution >= 4 is 23.2 Å². The number of carbonyl (C=O) groups is 2. The molecular formula is C14H20N4O3. The fourth-order valence-corrected chi connectivity index (χ4v) is 2.24. The molecule has 1 saturated heterocycles. The number of carbonyl (C=O) groups excluding carboxylic acids is 2. The van der Waals surface area contributed by atoms with Crippen molar-refractivity contribution in [2.24, 2.45) is 5.73 Å². The second-order valence-electron chi connectivity index (χ2n) is 4.80. The van der Waals surface area contributed by atoms with E-state index in [4.69, 9.17) is 16.2 Å². The van der Waals surface area contributed by atoms with Crippen molar-refractivity contribution in [2.45, 2.75) is 6.42 Å². The predicted octanol–water partition coefficient (Wildman–Crippen LogP) is 0.0285. The monoisotopic (exact) mass is 292 g/mol. The van der Waals surface area contributed by atoms with Crippen molar-refractivity contribution in [3.63, 3.8) is 0 Å². The van der Waals surface area contributed by atoms with Crippen molar-refractivity contribution in [1.82, 2.24) is 4.90 Å².